The molecule has 3 aromatic rings. The van der Waals surface area contributed by atoms with Gasteiger partial charge in [-0.05, 0) is 87.3 Å². The maximum atomic E-state index is 13.0. The van der Waals surface area contributed by atoms with Crippen LogP contribution in [-0.4, -0.2) is 56.4 Å². The van der Waals surface area contributed by atoms with Crippen molar-refractivity contribution < 1.29 is 13.2 Å². The lowest BCUT2D eigenvalue weighted by molar-refractivity contribution is -0.120. The molecule has 7 nitrogen and oxygen atoms in total. The quantitative estimate of drug-likeness (QED) is 0.388. The van der Waals surface area contributed by atoms with Crippen LogP contribution in [0.2, 0.25) is 10.0 Å². The van der Waals surface area contributed by atoms with Crippen molar-refractivity contribution in [3.05, 3.63) is 88.5 Å². The number of halogens is 2. The Morgan fingerprint density at radius 2 is 1.72 bits per heavy atom. The molecule has 2 saturated heterocycles. The summed E-state index contributed by atoms with van der Waals surface area (Å²) in [5, 5.41) is 1.01. The van der Waals surface area contributed by atoms with Gasteiger partial charge in [0, 0.05) is 30.6 Å². The second kappa shape index (κ2) is 11.9. The van der Waals surface area contributed by atoms with Gasteiger partial charge >= 0.3 is 0 Å². The van der Waals surface area contributed by atoms with Gasteiger partial charge in [0.2, 0.25) is 15.9 Å². The van der Waals surface area contributed by atoms with Gasteiger partial charge in [0.1, 0.15) is 5.82 Å². The van der Waals surface area contributed by atoms with Crippen molar-refractivity contribution in [2.75, 3.05) is 31.1 Å². The van der Waals surface area contributed by atoms with Gasteiger partial charge in [0.15, 0.2) is 0 Å². The number of anilines is 1. The van der Waals surface area contributed by atoms with E-state index in [4.69, 9.17) is 23.2 Å². The molecule has 0 unspecified atom stereocenters. The molecular formula is C29H32Cl2N4O3S. The zero-order chi connectivity index (χ0) is 27.5. The Morgan fingerprint density at radius 3 is 2.41 bits per heavy atom. The maximum Gasteiger partial charge on any atom is 0.240 e. The number of aromatic nitrogens is 1. The molecule has 0 aliphatic carbocycles. The Kier molecular flexibility index (Phi) is 8.59. The number of carbonyl (C=O) groups excluding carboxylic acids is 1. The van der Waals surface area contributed by atoms with Crippen LogP contribution in [0.15, 0.2) is 77.8 Å². The first-order valence-electron chi connectivity index (χ1n) is 13.2. The summed E-state index contributed by atoms with van der Waals surface area (Å²) in [6, 6.07) is 19.8. The second-order valence-electron chi connectivity index (χ2n) is 10.4. The molecule has 0 radical (unpaired) electrons. The van der Waals surface area contributed by atoms with Crippen molar-refractivity contribution in [2.45, 2.75) is 48.5 Å². The molecular weight excluding hydrogens is 555 g/mol. The number of carbonyl (C=O) groups is 1. The molecule has 0 bridgehead atoms. The van der Waals surface area contributed by atoms with Gasteiger partial charge in [-0.25, -0.2) is 18.1 Å². The number of hydrogen-bond donors (Lipinski definition) is 1. The van der Waals surface area contributed by atoms with Crippen molar-refractivity contribution in [3.8, 4) is 0 Å². The van der Waals surface area contributed by atoms with Crippen LogP contribution in [0.4, 0.5) is 5.82 Å². The first-order chi connectivity index (χ1) is 18.8. The van der Waals surface area contributed by atoms with E-state index in [2.05, 4.69) is 14.6 Å². The van der Waals surface area contributed by atoms with Gasteiger partial charge in [-0.3, -0.25) is 9.69 Å². The molecule has 2 aliphatic heterocycles. The van der Waals surface area contributed by atoms with Gasteiger partial charge < -0.3 is 4.90 Å². The number of benzene rings is 2. The predicted molar refractivity (Wildman–Crippen MR) is 155 cm³/mol. The van der Waals surface area contributed by atoms with E-state index in [0.29, 0.717) is 40.1 Å². The van der Waals surface area contributed by atoms with Gasteiger partial charge in [-0.2, -0.15) is 0 Å². The molecule has 10 heteroatoms. The lowest BCUT2D eigenvalue weighted by Gasteiger charge is -2.44. The molecule has 2 aliphatic rings. The lowest BCUT2D eigenvalue weighted by atomic mass is 9.71. The Bertz CT molecular complexity index is 1400. The monoisotopic (exact) mass is 586 g/mol. The minimum absolute atomic E-state index is 0.0656. The van der Waals surface area contributed by atoms with E-state index in [1.807, 2.05) is 36.4 Å². The highest BCUT2D eigenvalue weighted by Gasteiger charge is 2.41. The van der Waals surface area contributed by atoms with Crippen LogP contribution < -0.4 is 9.62 Å². The average Bonchev–Trinajstić information content (AvgIpc) is 2.96. The standard InChI is InChI=1S/C29H32Cl2N4O3S/c30-25-10-9-22(20-26(25)31)29(14-11-28(36)35(21-29)27-8-4-5-16-32-27)15-19-34-17-12-23(13-18-34)33-39(37,38)24-6-2-1-3-7-24/h1-10,16,20,23,33H,11-15,17-19,21H2/t29-/m1/s1. The second-order valence-corrected chi connectivity index (χ2v) is 12.9. The van der Waals surface area contributed by atoms with Crippen LogP contribution in [0.1, 0.15) is 37.7 Å². The first kappa shape index (κ1) is 28.1. The Labute approximate surface area is 240 Å². The molecule has 1 amide bonds. The molecule has 2 aromatic carbocycles. The van der Waals surface area contributed by atoms with Crippen LogP contribution in [0.25, 0.3) is 0 Å². The van der Waals surface area contributed by atoms with Crippen LogP contribution >= 0.6 is 23.2 Å². The number of piperidine rings is 2. The van der Waals surface area contributed by atoms with Gasteiger partial charge in [-0.15, -0.1) is 0 Å². The topological polar surface area (TPSA) is 82.6 Å². The summed E-state index contributed by atoms with van der Waals surface area (Å²) in [7, 11) is -3.53. The summed E-state index contributed by atoms with van der Waals surface area (Å²) in [4.78, 5) is 21.9. The highest BCUT2D eigenvalue weighted by molar-refractivity contribution is 7.89. The normalized spacial score (nSPS) is 21.3. The summed E-state index contributed by atoms with van der Waals surface area (Å²) in [5.41, 5.74) is 0.752. The Morgan fingerprint density at radius 1 is 0.974 bits per heavy atom. The molecule has 1 N–H and O–H groups in total. The smallest absolute Gasteiger partial charge is 0.240 e. The SMILES string of the molecule is O=C1CC[C@](CCN2CCC(NS(=O)(=O)c3ccccc3)CC2)(c2ccc(Cl)c(Cl)c2)CN1c1ccccn1. The van der Waals surface area contributed by atoms with E-state index >= 15 is 0 Å². The predicted octanol–water partition coefficient (Wildman–Crippen LogP) is 5.29. The molecule has 1 aromatic heterocycles. The minimum atomic E-state index is -3.53. The fourth-order valence-corrected chi connectivity index (χ4v) is 7.24. The summed E-state index contributed by atoms with van der Waals surface area (Å²) in [6.07, 6.45) is 5.13. The van der Waals surface area contributed by atoms with Crippen molar-refractivity contribution in [1.82, 2.24) is 14.6 Å². The van der Waals surface area contributed by atoms with Gasteiger partial charge in [0.25, 0.3) is 0 Å². The molecule has 0 saturated carbocycles. The van der Waals surface area contributed by atoms with E-state index in [1.165, 1.54) is 0 Å². The molecule has 2 fully saturated rings. The van der Waals surface area contributed by atoms with Crippen molar-refractivity contribution >= 4 is 45.0 Å². The summed E-state index contributed by atoms with van der Waals surface area (Å²) in [6.45, 7) is 2.92. The molecule has 1 atom stereocenters. The molecule has 206 valence electrons. The molecule has 3 heterocycles. The van der Waals surface area contributed by atoms with Crippen LogP contribution in [0.3, 0.4) is 0 Å². The van der Waals surface area contributed by atoms with E-state index in [9.17, 15) is 13.2 Å². The van der Waals surface area contributed by atoms with Crippen LogP contribution in [0.5, 0.6) is 0 Å². The third-order valence-corrected chi connectivity index (χ3v) is 10.2. The molecule has 0 spiro atoms. The fourth-order valence-electron chi connectivity index (χ4n) is 5.62. The number of likely N-dealkylation sites (tertiary alicyclic amines) is 1. The van der Waals surface area contributed by atoms with Gasteiger partial charge in [0.05, 0.1) is 14.9 Å². The minimum Gasteiger partial charge on any atom is -0.303 e. The van der Waals surface area contributed by atoms with Crippen LogP contribution in [0, 0.1) is 0 Å². The number of nitrogens with one attached hydrogen (secondary N) is 1. The maximum absolute atomic E-state index is 13.0. The number of hydrogen-bond acceptors (Lipinski definition) is 5. The third-order valence-electron chi connectivity index (χ3n) is 7.91. The van der Waals surface area contributed by atoms with E-state index < -0.39 is 10.0 Å². The first-order valence-corrected chi connectivity index (χ1v) is 15.5. The zero-order valence-electron chi connectivity index (χ0n) is 21.6. The summed E-state index contributed by atoms with van der Waals surface area (Å²) < 4.78 is 28.4. The number of nitrogens with zero attached hydrogens (tertiary/aromatic N) is 3. The number of rotatable bonds is 8. The molecule has 39 heavy (non-hydrogen) atoms. The van der Waals surface area contributed by atoms with Crippen molar-refractivity contribution in [1.29, 1.82) is 0 Å². The molecule has 5 rings (SSSR count). The Hall–Kier alpha value is -2.49. The Balaban J connectivity index is 1.28. The van der Waals surface area contributed by atoms with Crippen molar-refractivity contribution in [2.24, 2.45) is 0 Å². The van der Waals surface area contributed by atoms with Gasteiger partial charge in [-0.1, -0.05) is 53.5 Å². The highest BCUT2D eigenvalue weighted by Crippen LogP contribution is 2.41. The van der Waals surface area contributed by atoms with E-state index in [-0.39, 0.29) is 17.4 Å². The highest BCUT2D eigenvalue weighted by atomic mass is 35.5. The number of amides is 1. The number of pyridine rings is 1. The van der Waals surface area contributed by atoms with E-state index in [1.54, 1.807) is 41.4 Å². The van der Waals surface area contributed by atoms with Crippen LogP contribution in [-0.2, 0) is 20.2 Å². The average molecular weight is 588 g/mol. The third kappa shape index (κ3) is 6.47. The fraction of sp³-hybridized carbons (Fsp3) is 0.379. The lowest BCUT2D eigenvalue weighted by Crippen LogP contribution is -2.51. The summed E-state index contributed by atoms with van der Waals surface area (Å²) >= 11 is 12.7. The zero-order valence-corrected chi connectivity index (χ0v) is 23.9. The summed E-state index contributed by atoms with van der Waals surface area (Å²) in [5.74, 6) is 0.717. The van der Waals surface area contributed by atoms with E-state index in [0.717, 1.165) is 44.5 Å². The largest absolute Gasteiger partial charge is 0.303 e. The van der Waals surface area contributed by atoms with Crippen molar-refractivity contribution in [3.63, 3.8) is 0 Å². The number of sulfonamides is 1.